The highest BCUT2D eigenvalue weighted by Crippen LogP contribution is 2.06. The first kappa shape index (κ1) is 14.3. The van der Waals surface area contributed by atoms with E-state index in [1.54, 1.807) is 0 Å². The zero-order valence-corrected chi connectivity index (χ0v) is 9.40. The number of nitrogens with one attached hydrogen (secondary N) is 1. The van der Waals surface area contributed by atoms with Crippen LogP contribution in [0.25, 0.3) is 0 Å². The monoisotopic (exact) mass is 228 g/mol. The van der Waals surface area contributed by atoms with Crippen LogP contribution in [-0.2, 0) is 14.4 Å². The van der Waals surface area contributed by atoms with Crippen LogP contribution < -0.4 is 5.32 Å². The average molecular weight is 228 g/mol. The van der Waals surface area contributed by atoms with E-state index in [1.165, 1.54) is 6.08 Å². The molecule has 0 unspecified atom stereocenters. The van der Waals surface area contributed by atoms with E-state index in [0.29, 0.717) is 0 Å². The molecule has 1 aliphatic rings. The summed E-state index contributed by atoms with van der Waals surface area (Å²) in [5.74, 6) is -1.12. The lowest BCUT2D eigenvalue weighted by Gasteiger charge is -2.02. The zero-order valence-electron chi connectivity index (χ0n) is 9.40. The van der Waals surface area contributed by atoms with Gasteiger partial charge in [-0.1, -0.05) is 6.58 Å². The van der Waals surface area contributed by atoms with Gasteiger partial charge < -0.3 is 5.32 Å². The Hall–Kier alpha value is -1.69. The molecule has 1 rings (SSSR count). The van der Waals surface area contributed by atoms with Crippen LogP contribution in [-0.4, -0.2) is 34.0 Å². The van der Waals surface area contributed by atoms with Gasteiger partial charge in [-0.25, -0.2) is 0 Å². The molecule has 16 heavy (non-hydrogen) atoms. The number of imide groups is 1. The van der Waals surface area contributed by atoms with Crippen molar-refractivity contribution >= 4 is 17.7 Å². The van der Waals surface area contributed by atoms with Crippen LogP contribution in [0, 0.1) is 0 Å². The smallest absolute Gasteiger partial charge is 0.253 e. The number of carbonyl (C=O) groups excluding carboxylic acids is 3. The van der Waals surface area contributed by atoms with Crippen molar-refractivity contribution in [2.45, 2.75) is 32.7 Å². The van der Waals surface area contributed by atoms with Crippen molar-refractivity contribution in [1.82, 2.24) is 10.4 Å². The van der Waals surface area contributed by atoms with Crippen LogP contribution in [0.1, 0.15) is 26.7 Å². The van der Waals surface area contributed by atoms with Crippen LogP contribution in [0.4, 0.5) is 0 Å². The minimum Gasteiger partial charge on any atom is -0.350 e. The molecule has 0 aliphatic carbocycles. The van der Waals surface area contributed by atoms with Gasteiger partial charge in [-0.2, -0.15) is 5.06 Å². The summed E-state index contributed by atoms with van der Waals surface area (Å²) in [7, 11) is 0. The second kappa shape index (κ2) is 6.73. The van der Waals surface area contributed by atoms with Crippen molar-refractivity contribution in [3.63, 3.8) is 0 Å². The molecule has 0 spiro atoms. The molecule has 1 heterocycles. The predicted octanol–water partition coefficient (Wildman–Crippen LogP) is 0.222. The van der Waals surface area contributed by atoms with E-state index in [4.69, 9.17) is 5.21 Å². The molecule has 3 amide bonds. The number of hydrogen-bond acceptors (Lipinski definition) is 4. The normalized spacial score (nSPS) is 14.6. The fourth-order valence-corrected chi connectivity index (χ4v) is 0.908. The highest BCUT2D eigenvalue weighted by molar-refractivity contribution is 6.00. The number of rotatable bonds is 2. The van der Waals surface area contributed by atoms with Crippen LogP contribution in [0.15, 0.2) is 12.7 Å². The molecule has 0 aromatic rings. The quantitative estimate of drug-likeness (QED) is 0.402. The highest BCUT2D eigenvalue weighted by atomic mass is 16.5. The van der Waals surface area contributed by atoms with Crippen molar-refractivity contribution in [3.8, 4) is 0 Å². The highest BCUT2D eigenvalue weighted by Gasteiger charge is 2.26. The summed E-state index contributed by atoms with van der Waals surface area (Å²) in [5, 5.41) is 11.2. The molecule has 1 aliphatic heterocycles. The van der Waals surface area contributed by atoms with Gasteiger partial charge in [0.1, 0.15) is 0 Å². The van der Waals surface area contributed by atoms with E-state index in [-0.39, 0.29) is 29.9 Å². The van der Waals surface area contributed by atoms with E-state index in [2.05, 4.69) is 11.9 Å². The SMILES string of the molecule is C=CC(=O)NC(C)C.O=C1CCC(=O)N1O. The summed E-state index contributed by atoms with van der Waals surface area (Å²) < 4.78 is 0. The largest absolute Gasteiger partial charge is 0.350 e. The second-order valence-corrected chi connectivity index (χ2v) is 3.47. The van der Waals surface area contributed by atoms with Gasteiger partial charge in [0, 0.05) is 18.9 Å². The Morgan fingerprint density at radius 2 is 1.88 bits per heavy atom. The molecule has 0 atom stereocenters. The minimum atomic E-state index is -0.505. The molecule has 6 heteroatoms. The van der Waals surface area contributed by atoms with Crippen molar-refractivity contribution in [2.75, 3.05) is 0 Å². The van der Waals surface area contributed by atoms with E-state index < -0.39 is 11.8 Å². The van der Waals surface area contributed by atoms with Gasteiger partial charge in [-0.05, 0) is 19.9 Å². The minimum absolute atomic E-state index is 0.111. The summed E-state index contributed by atoms with van der Waals surface area (Å²) in [5.41, 5.74) is 0. The first-order valence-corrected chi connectivity index (χ1v) is 4.86. The maximum atomic E-state index is 10.4. The van der Waals surface area contributed by atoms with Gasteiger partial charge >= 0.3 is 0 Å². The second-order valence-electron chi connectivity index (χ2n) is 3.47. The van der Waals surface area contributed by atoms with Crippen molar-refractivity contribution < 1.29 is 19.6 Å². The van der Waals surface area contributed by atoms with E-state index in [0.717, 1.165) is 0 Å². The third kappa shape index (κ3) is 5.26. The molecule has 2 N–H and O–H groups in total. The fourth-order valence-electron chi connectivity index (χ4n) is 0.908. The molecular formula is C10H16N2O4. The summed E-state index contributed by atoms with van der Waals surface area (Å²) in [6.45, 7) is 7.11. The van der Waals surface area contributed by atoms with Crippen LogP contribution >= 0.6 is 0 Å². The summed E-state index contributed by atoms with van der Waals surface area (Å²) >= 11 is 0. The van der Waals surface area contributed by atoms with Crippen molar-refractivity contribution in [3.05, 3.63) is 12.7 Å². The van der Waals surface area contributed by atoms with Gasteiger partial charge in [0.15, 0.2) is 0 Å². The lowest BCUT2D eigenvalue weighted by Crippen LogP contribution is -2.27. The van der Waals surface area contributed by atoms with Crippen LogP contribution in [0.5, 0.6) is 0 Å². The predicted molar refractivity (Wildman–Crippen MR) is 56.3 cm³/mol. The topological polar surface area (TPSA) is 86.7 Å². The Morgan fingerprint density at radius 1 is 1.44 bits per heavy atom. The van der Waals surface area contributed by atoms with Gasteiger partial charge in [-0.3, -0.25) is 19.6 Å². The third-order valence-electron chi connectivity index (χ3n) is 1.64. The van der Waals surface area contributed by atoms with Crippen molar-refractivity contribution in [2.24, 2.45) is 0 Å². The van der Waals surface area contributed by atoms with Crippen LogP contribution in [0.2, 0.25) is 0 Å². The third-order valence-corrected chi connectivity index (χ3v) is 1.64. The van der Waals surface area contributed by atoms with Gasteiger partial charge in [0.25, 0.3) is 11.8 Å². The first-order valence-electron chi connectivity index (χ1n) is 4.86. The fraction of sp³-hybridized carbons (Fsp3) is 0.500. The van der Waals surface area contributed by atoms with Gasteiger partial charge in [-0.15, -0.1) is 0 Å². The lowest BCUT2D eigenvalue weighted by atomic mass is 10.4. The van der Waals surface area contributed by atoms with Crippen molar-refractivity contribution in [1.29, 1.82) is 0 Å². The molecule has 0 aromatic heterocycles. The zero-order chi connectivity index (χ0) is 12.7. The summed E-state index contributed by atoms with van der Waals surface area (Å²) in [4.78, 5) is 30.9. The standard InChI is InChI=1S/C6H11NO.C4H5NO3/c1-4-6(8)7-5(2)3;6-3-1-2-4(7)5(3)8/h4-5H,1H2,2-3H3,(H,7,8);8H,1-2H2. The Morgan fingerprint density at radius 3 is 2.00 bits per heavy atom. The molecule has 0 aromatic carbocycles. The summed E-state index contributed by atoms with van der Waals surface area (Å²) in [6, 6.07) is 0.209. The Balaban J connectivity index is 0.000000281. The lowest BCUT2D eigenvalue weighted by molar-refractivity contribution is -0.171. The molecular weight excluding hydrogens is 212 g/mol. The Kier molecular flexibility index (Phi) is 6.02. The van der Waals surface area contributed by atoms with Gasteiger partial charge in [0.05, 0.1) is 0 Å². The number of carbonyl (C=O) groups is 3. The molecule has 90 valence electrons. The van der Waals surface area contributed by atoms with E-state index in [9.17, 15) is 14.4 Å². The molecule has 0 bridgehead atoms. The Labute approximate surface area is 93.9 Å². The maximum Gasteiger partial charge on any atom is 0.253 e. The Bertz CT molecular complexity index is 283. The average Bonchev–Trinajstić information content (AvgIpc) is 2.49. The molecule has 1 saturated heterocycles. The number of hydroxylamine groups is 2. The maximum absolute atomic E-state index is 10.4. The number of hydrogen-bond donors (Lipinski definition) is 2. The van der Waals surface area contributed by atoms with Gasteiger partial charge in [0.2, 0.25) is 5.91 Å². The number of nitrogens with zero attached hydrogens (tertiary/aromatic N) is 1. The van der Waals surface area contributed by atoms with Crippen LogP contribution in [0.3, 0.4) is 0 Å². The molecule has 6 nitrogen and oxygen atoms in total. The first-order chi connectivity index (χ1) is 7.38. The molecule has 0 radical (unpaired) electrons. The van der Waals surface area contributed by atoms with E-state index in [1.807, 2.05) is 13.8 Å². The molecule has 0 saturated carbocycles. The summed E-state index contributed by atoms with van der Waals surface area (Å²) in [6.07, 6.45) is 1.56. The molecule has 1 fully saturated rings. The van der Waals surface area contributed by atoms with E-state index >= 15 is 0 Å². The number of amides is 3.